The van der Waals surface area contributed by atoms with E-state index in [0.717, 1.165) is 16.8 Å². The molecule has 0 aromatic heterocycles. The number of hydrogen-bond acceptors (Lipinski definition) is 2. The van der Waals surface area contributed by atoms with Gasteiger partial charge in [0.1, 0.15) is 5.82 Å². The molecule has 0 aliphatic heterocycles. The fourth-order valence-electron chi connectivity index (χ4n) is 2.82. The van der Waals surface area contributed by atoms with Crippen LogP contribution in [0.2, 0.25) is 0 Å². The minimum absolute atomic E-state index is 0.140. The number of nitrogens with one attached hydrogen (secondary N) is 2. The lowest BCUT2D eigenvalue weighted by Gasteiger charge is -2.08. The van der Waals surface area contributed by atoms with Crippen LogP contribution < -0.4 is 10.6 Å². The zero-order valence-corrected chi connectivity index (χ0v) is 13.6. The fraction of sp³-hybridized carbons (Fsp3) is 0.263. The molecule has 0 spiro atoms. The van der Waals surface area contributed by atoms with E-state index in [9.17, 15) is 14.0 Å². The third kappa shape index (κ3) is 3.79. The molecule has 2 N–H and O–H groups in total. The highest BCUT2D eigenvalue weighted by Crippen LogP contribution is 2.40. The molecule has 1 aliphatic rings. The van der Waals surface area contributed by atoms with E-state index in [0.29, 0.717) is 12.1 Å². The standard InChI is InChI=1S/C19H19FN2O2/c1-11-7-12(2)9-15(8-11)22-19(24)17-10-16(17)18(23)21-14-5-3-13(20)4-6-14/h3-9,16-17H,10H2,1-2H3,(H,21,23)(H,22,24). The van der Waals surface area contributed by atoms with Crippen LogP contribution >= 0.6 is 0 Å². The Morgan fingerprint density at radius 3 is 1.92 bits per heavy atom. The van der Waals surface area contributed by atoms with E-state index < -0.39 is 0 Å². The van der Waals surface area contributed by atoms with E-state index in [1.807, 2.05) is 32.0 Å². The van der Waals surface area contributed by atoms with Crippen molar-refractivity contribution >= 4 is 23.2 Å². The summed E-state index contributed by atoms with van der Waals surface area (Å²) in [7, 11) is 0. The van der Waals surface area contributed by atoms with Gasteiger partial charge in [0.25, 0.3) is 0 Å². The molecule has 0 radical (unpaired) electrons. The van der Waals surface area contributed by atoms with Crippen molar-refractivity contribution in [1.29, 1.82) is 0 Å². The lowest BCUT2D eigenvalue weighted by atomic mass is 10.1. The minimum Gasteiger partial charge on any atom is -0.326 e. The molecule has 3 rings (SSSR count). The molecular formula is C19H19FN2O2. The molecule has 2 aromatic carbocycles. The molecule has 0 bridgehead atoms. The molecule has 24 heavy (non-hydrogen) atoms. The molecule has 1 aliphatic carbocycles. The van der Waals surface area contributed by atoms with Crippen molar-refractivity contribution in [3.8, 4) is 0 Å². The van der Waals surface area contributed by atoms with E-state index >= 15 is 0 Å². The average molecular weight is 326 g/mol. The van der Waals surface area contributed by atoms with Crippen LogP contribution in [0, 0.1) is 31.5 Å². The highest BCUT2D eigenvalue weighted by Gasteiger charge is 2.48. The Balaban J connectivity index is 1.56. The van der Waals surface area contributed by atoms with Gasteiger partial charge >= 0.3 is 0 Å². The van der Waals surface area contributed by atoms with Gasteiger partial charge in [-0.15, -0.1) is 0 Å². The molecule has 124 valence electrons. The number of anilines is 2. The Kier molecular flexibility index (Phi) is 4.34. The smallest absolute Gasteiger partial charge is 0.228 e. The van der Waals surface area contributed by atoms with Gasteiger partial charge in [-0.3, -0.25) is 9.59 Å². The van der Waals surface area contributed by atoms with Crippen molar-refractivity contribution in [3.63, 3.8) is 0 Å². The van der Waals surface area contributed by atoms with Crippen molar-refractivity contribution in [2.75, 3.05) is 10.6 Å². The van der Waals surface area contributed by atoms with Crippen LogP contribution in [0.1, 0.15) is 17.5 Å². The molecule has 2 atom stereocenters. The summed E-state index contributed by atoms with van der Waals surface area (Å²) in [6, 6.07) is 11.4. The van der Waals surface area contributed by atoms with E-state index in [2.05, 4.69) is 10.6 Å². The van der Waals surface area contributed by atoms with Crippen LogP contribution in [-0.4, -0.2) is 11.8 Å². The number of hydrogen-bond donors (Lipinski definition) is 2. The van der Waals surface area contributed by atoms with Crippen molar-refractivity contribution < 1.29 is 14.0 Å². The predicted octanol–water partition coefficient (Wildman–Crippen LogP) is 3.66. The molecule has 1 saturated carbocycles. The second kappa shape index (κ2) is 6.43. The fourth-order valence-corrected chi connectivity index (χ4v) is 2.82. The summed E-state index contributed by atoms with van der Waals surface area (Å²) in [6.07, 6.45) is 0.531. The summed E-state index contributed by atoms with van der Waals surface area (Å²) < 4.78 is 12.9. The Hall–Kier alpha value is -2.69. The Labute approximate surface area is 140 Å². The summed E-state index contributed by atoms with van der Waals surface area (Å²) in [5.74, 6) is -1.35. The van der Waals surface area contributed by atoms with E-state index in [4.69, 9.17) is 0 Å². The van der Waals surface area contributed by atoms with Crippen LogP contribution in [-0.2, 0) is 9.59 Å². The van der Waals surface area contributed by atoms with Gasteiger partial charge in [-0.25, -0.2) is 4.39 Å². The summed E-state index contributed by atoms with van der Waals surface area (Å²) in [6.45, 7) is 3.94. The first-order valence-electron chi connectivity index (χ1n) is 7.88. The van der Waals surface area contributed by atoms with Crippen molar-refractivity contribution in [3.05, 3.63) is 59.4 Å². The van der Waals surface area contributed by atoms with Gasteiger partial charge in [0, 0.05) is 11.4 Å². The predicted molar refractivity (Wildman–Crippen MR) is 91.2 cm³/mol. The quantitative estimate of drug-likeness (QED) is 0.901. The van der Waals surface area contributed by atoms with Gasteiger partial charge in [-0.05, 0) is 67.8 Å². The summed E-state index contributed by atoms with van der Waals surface area (Å²) in [5.41, 5.74) is 3.43. The number of halogens is 1. The molecule has 0 heterocycles. The summed E-state index contributed by atoms with van der Waals surface area (Å²) in [5, 5.41) is 5.59. The van der Waals surface area contributed by atoms with Crippen LogP contribution in [0.25, 0.3) is 0 Å². The number of amides is 2. The number of carbonyl (C=O) groups is 2. The Morgan fingerprint density at radius 2 is 1.38 bits per heavy atom. The number of aryl methyl sites for hydroxylation is 2. The van der Waals surface area contributed by atoms with Gasteiger partial charge in [0.05, 0.1) is 11.8 Å². The number of rotatable bonds is 4. The first kappa shape index (κ1) is 16.2. The van der Waals surface area contributed by atoms with Crippen LogP contribution in [0.4, 0.5) is 15.8 Å². The van der Waals surface area contributed by atoms with Crippen LogP contribution in [0.15, 0.2) is 42.5 Å². The normalized spacial score (nSPS) is 18.8. The van der Waals surface area contributed by atoms with Crippen LogP contribution in [0.3, 0.4) is 0 Å². The maximum absolute atomic E-state index is 12.9. The Bertz CT molecular complexity index is 766. The number of benzene rings is 2. The second-order valence-corrected chi connectivity index (χ2v) is 6.31. The third-order valence-electron chi connectivity index (χ3n) is 4.06. The van der Waals surface area contributed by atoms with Crippen molar-refractivity contribution in [1.82, 2.24) is 0 Å². The topological polar surface area (TPSA) is 58.2 Å². The lowest BCUT2D eigenvalue weighted by Crippen LogP contribution is -2.20. The first-order valence-corrected chi connectivity index (χ1v) is 7.88. The summed E-state index contributed by atoms with van der Waals surface area (Å²) >= 11 is 0. The number of carbonyl (C=O) groups excluding carboxylic acids is 2. The molecule has 2 unspecified atom stereocenters. The first-order chi connectivity index (χ1) is 11.4. The maximum atomic E-state index is 12.9. The van der Waals surface area contributed by atoms with Gasteiger partial charge in [0.15, 0.2) is 0 Å². The highest BCUT2D eigenvalue weighted by molar-refractivity contribution is 6.03. The van der Waals surface area contributed by atoms with Gasteiger partial charge in [-0.2, -0.15) is 0 Å². The Morgan fingerprint density at radius 1 is 0.875 bits per heavy atom. The average Bonchev–Trinajstić information content (AvgIpc) is 3.29. The van der Waals surface area contributed by atoms with Gasteiger partial charge in [-0.1, -0.05) is 6.07 Å². The molecule has 2 aromatic rings. The zero-order chi connectivity index (χ0) is 17.3. The van der Waals surface area contributed by atoms with Crippen LogP contribution in [0.5, 0.6) is 0 Å². The molecule has 0 saturated heterocycles. The maximum Gasteiger partial charge on any atom is 0.228 e. The molecule has 5 heteroatoms. The van der Waals surface area contributed by atoms with E-state index in [-0.39, 0.29) is 29.5 Å². The molecule has 1 fully saturated rings. The largest absolute Gasteiger partial charge is 0.326 e. The van der Waals surface area contributed by atoms with Gasteiger partial charge < -0.3 is 10.6 Å². The van der Waals surface area contributed by atoms with Gasteiger partial charge in [0.2, 0.25) is 11.8 Å². The highest BCUT2D eigenvalue weighted by atomic mass is 19.1. The lowest BCUT2D eigenvalue weighted by molar-refractivity contribution is -0.122. The van der Waals surface area contributed by atoms with Crippen molar-refractivity contribution in [2.45, 2.75) is 20.3 Å². The molecule has 2 amide bonds. The molecular weight excluding hydrogens is 307 g/mol. The molecule has 4 nitrogen and oxygen atoms in total. The zero-order valence-electron chi connectivity index (χ0n) is 13.6. The third-order valence-corrected chi connectivity index (χ3v) is 4.06. The van der Waals surface area contributed by atoms with Crippen molar-refractivity contribution in [2.24, 2.45) is 11.8 Å². The summed E-state index contributed by atoms with van der Waals surface area (Å²) in [4.78, 5) is 24.4. The van der Waals surface area contributed by atoms with E-state index in [1.165, 1.54) is 24.3 Å². The second-order valence-electron chi connectivity index (χ2n) is 6.31. The van der Waals surface area contributed by atoms with E-state index in [1.54, 1.807) is 0 Å². The minimum atomic E-state index is -0.356. The monoisotopic (exact) mass is 326 g/mol. The SMILES string of the molecule is Cc1cc(C)cc(NC(=O)C2CC2C(=O)Nc2ccc(F)cc2)c1.